The fourth-order valence-electron chi connectivity index (χ4n) is 0.256. The summed E-state index contributed by atoms with van der Waals surface area (Å²) in [6, 6.07) is 2.07. The molecular formula is C7H13Cl2N. The van der Waals surface area contributed by atoms with E-state index >= 15 is 0 Å². The maximum atomic E-state index is 7.95. The third-order valence-corrected chi connectivity index (χ3v) is 1.28. The molecule has 0 saturated carbocycles. The van der Waals surface area contributed by atoms with Crippen LogP contribution in [0.2, 0.25) is 0 Å². The molecule has 0 aromatic carbocycles. The predicted octanol–water partition coefficient (Wildman–Crippen LogP) is 3.16. The van der Waals surface area contributed by atoms with Crippen LogP contribution in [0.25, 0.3) is 0 Å². The van der Waals surface area contributed by atoms with Gasteiger partial charge in [-0.15, -0.1) is 23.2 Å². The van der Waals surface area contributed by atoms with E-state index in [0.29, 0.717) is 11.8 Å². The van der Waals surface area contributed by atoms with Crippen LogP contribution < -0.4 is 0 Å². The average molecular weight is 182 g/mol. The van der Waals surface area contributed by atoms with E-state index in [1.165, 1.54) is 0 Å². The highest BCUT2D eigenvalue weighted by molar-refractivity contribution is 6.25. The van der Waals surface area contributed by atoms with Crippen LogP contribution in [0.1, 0.15) is 26.2 Å². The van der Waals surface area contributed by atoms with Crippen molar-refractivity contribution in [3.8, 4) is 6.07 Å². The van der Waals surface area contributed by atoms with Gasteiger partial charge in [0, 0.05) is 18.2 Å². The molecule has 0 spiro atoms. The molecule has 0 N–H and O–H groups in total. The molecule has 0 saturated heterocycles. The van der Waals surface area contributed by atoms with Gasteiger partial charge in [0.2, 0.25) is 0 Å². The molecular weight excluding hydrogens is 169 g/mol. The van der Waals surface area contributed by atoms with Crippen molar-refractivity contribution in [3.05, 3.63) is 0 Å². The van der Waals surface area contributed by atoms with Crippen LogP contribution in [-0.2, 0) is 0 Å². The highest BCUT2D eigenvalue weighted by atomic mass is 35.5. The minimum atomic E-state index is 0.557. The molecule has 0 amide bonds. The molecule has 0 aromatic rings. The van der Waals surface area contributed by atoms with Crippen molar-refractivity contribution in [2.24, 2.45) is 0 Å². The van der Waals surface area contributed by atoms with Crippen LogP contribution in [-0.4, -0.2) is 11.8 Å². The fourth-order valence-corrected chi connectivity index (χ4v) is 0.256. The monoisotopic (exact) mass is 181 g/mol. The topological polar surface area (TPSA) is 23.8 Å². The summed E-state index contributed by atoms with van der Waals surface area (Å²) in [6.07, 6.45) is 2.90. The van der Waals surface area contributed by atoms with E-state index in [9.17, 15) is 0 Å². The average Bonchev–Trinajstić information content (AvgIpc) is 2.01. The number of hydrogen-bond acceptors (Lipinski definition) is 1. The third kappa shape index (κ3) is 24.4. The van der Waals surface area contributed by atoms with Crippen molar-refractivity contribution >= 4 is 23.2 Å². The van der Waals surface area contributed by atoms with Gasteiger partial charge >= 0.3 is 0 Å². The lowest BCUT2D eigenvalue weighted by Gasteiger charge is -1.77. The number of rotatable bonds is 3. The Morgan fingerprint density at radius 1 is 1.30 bits per heavy atom. The molecule has 0 fully saturated rings. The van der Waals surface area contributed by atoms with Crippen molar-refractivity contribution in [1.82, 2.24) is 0 Å². The molecule has 60 valence electrons. The normalized spacial score (nSPS) is 7.40. The number of nitrogens with zero attached hydrogens (tertiary/aromatic N) is 1. The first-order valence-corrected chi connectivity index (χ1v) is 4.39. The second kappa shape index (κ2) is 16.0. The van der Waals surface area contributed by atoms with Gasteiger partial charge in [-0.05, 0) is 6.42 Å². The lowest BCUT2D eigenvalue weighted by Crippen LogP contribution is -1.63. The first-order chi connectivity index (χ1) is 4.83. The van der Waals surface area contributed by atoms with Gasteiger partial charge in [0.15, 0.2) is 0 Å². The summed E-state index contributed by atoms with van der Waals surface area (Å²) in [5, 5.41) is 7.95. The van der Waals surface area contributed by atoms with Gasteiger partial charge in [0.1, 0.15) is 0 Å². The first-order valence-electron chi connectivity index (χ1n) is 3.32. The Kier molecular flexibility index (Phi) is 20.4. The van der Waals surface area contributed by atoms with E-state index in [1.54, 1.807) is 0 Å². The Hall–Kier alpha value is 0.0700. The highest BCUT2D eigenvalue weighted by Gasteiger charge is 1.74. The Bertz CT molecular complexity index is 76.2. The smallest absolute Gasteiger partial charge is 0.0621 e. The maximum Gasteiger partial charge on any atom is 0.0621 e. The maximum absolute atomic E-state index is 7.95. The van der Waals surface area contributed by atoms with Crippen LogP contribution in [0, 0.1) is 11.3 Å². The number of hydrogen-bond donors (Lipinski definition) is 0. The third-order valence-electron chi connectivity index (χ3n) is 0.714. The molecule has 0 rings (SSSR count). The molecule has 0 radical (unpaired) electrons. The Labute approximate surface area is 72.9 Å². The molecule has 0 aliphatic heterocycles. The van der Waals surface area contributed by atoms with Crippen LogP contribution in [0.15, 0.2) is 0 Å². The Morgan fingerprint density at radius 2 is 1.80 bits per heavy atom. The minimum absolute atomic E-state index is 0.557. The zero-order valence-corrected chi connectivity index (χ0v) is 7.75. The number of nitriles is 1. The van der Waals surface area contributed by atoms with Crippen LogP contribution in [0.4, 0.5) is 0 Å². The Morgan fingerprint density at radius 3 is 1.90 bits per heavy atom. The van der Waals surface area contributed by atoms with Crippen LogP contribution in [0.3, 0.4) is 0 Å². The second-order valence-electron chi connectivity index (χ2n) is 1.64. The number of unbranched alkanes of at least 4 members (excludes halogenated alkanes) is 2. The van der Waals surface area contributed by atoms with Gasteiger partial charge in [0.25, 0.3) is 0 Å². The molecule has 3 heteroatoms. The molecule has 0 bridgehead atoms. The van der Waals surface area contributed by atoms with Gasteiger partial charge in [0.05, 0.1) is 6.07 Å². The largest absolute Gasteiger partial charge is 0.198 e. The van der Waals surface area contributed by atoms with E-state index in [-0.39, 0.29) is 0 Å². The van der Waals surface area contributed by atoms with Crippen molar-refractivity contribution < 1.29 is 0 Å². The minimum Gasteiger partial charge on any atom is -0.198 e. The van der Waals surface area contributed by atoms with Gasteiger partial charge in [-0.3, -0.25) is 0 Å². The van der Waals surface area contributed by atoms with Gasteiger partial charge in [-0.1, -0.05) is 13.3 Å². The van der Waals surface area contributed by atoms with Gasteiger partial charge in [-0.25, -0.2) is 0 Å². The second-order valence-corrected chi connectivity index (χ2v) is 2.40. The molecule has 10 heavy (non-hydrogen) atoms. The molecule has 1 nitrogen and oxygen atoms in total. The van der Waals surface area contributed by atoms with E-state index in [0.717, 1.165) is 19.3 Å². The van der Waals surface area contributed by atoms with E-state index in [1.807, 2.05) is 0 Å². The zero-order chi connectivity index (χ0) is 8.24. The summed E-state index contributed by atoms with van der Waals surface area (Å²) in [7, 11) is 0. The molecule has 0 unspecified atom stereocenters. The molecule has 0 aliphatic carbocycles. The summed E-state index contributed by atoms with van der Waals surface area (Å²) >= 11 is 10.1. The number of halogens is 2. The highest BCUT2D eigenvalue weighted by Crippen LogP contribution is 1.88. The molecule has 0 heterocycles. The number of alkyl halides is 2. The Balaban J connectivity index is 0. The lowest BCUT2D eigenvalue weighted by atomic mass is 10.3. The standard InChI is InChI=1S/C5H9N.C2H4Cl2/c1-2-3-4-5-6;3-1-2-4/h2-4H2,1H3;1-2H2. The predicted molar refractivity (Wildman–Crippen MR) is 46.6 cm³/mol. The van der Waals surface area contributed by atoms with Crippen molar-refractivity contribution in [1.29, 1.82) is 5.26 Å². The first kappa shape index (κ1) is 12.7. The van der Waals surface area contributed by atoms with Crippen molar-refractivity contribution in [3.63, 3.8) is 0 Å². The van der Waals surface area contributed by atoms with E-state index in [2.05, 4.69) is 13.0 Å². The summed E-state index contributed by atoms with van der Waals surface area (Å²) in [6.45, 7) is 2.08. The van der Waals surface area contributed by atoms with E-state index in [4.69, 9.17) is 28.5 Å². The van der Waals surface area contributed by atoms with E-state index < -0.39 is 0 Å². The summed E-state index contributed by atoms with van der Waals surface area (Å²) < 4.78 is 0. The molecule has 0 atom stereocenters. The van der Waals surface area contributed by atoms with Crippen molar-refractivity contribution in [2.45, 2.75) is 26.2 Å². The molecule has 0 aliphatic rings. The van der Waals surface area contributed by atoms with Crippen LogP contribution >= 0.6 is 23.2 Å². The SMILES string of the molecule is CCCCC#N.ClCCCl. The van der Waals surface area contributed by atoms with Crippen molar-refractivity contribution in [2.75, 3.05) is 11.8 Å². The quantitative estimate of drug-likeness (QED) is 0.485. The zero-order valence-electron chi connectivity index (χ0n) is 6.24. The van der Waals surface area contributed by atoms with Crippen LogP contribution in [0.5, 0.6) is 0 Å². The summed E-state index contributed by atoms with van der Waals surface area (Å²) in [5.41, 5.74) is 0. The van der Waals surface area contributed by atoms with Gasteiger partial charge < -0.3 is 0 Å². The molecule has 0 aromatic heterocycles. The lowest BCUT2D eigenvalue weighted by molar-refractivity contribution is 0.822. The summed E-state index contributed by atoms with van der Waals surface area (Å²) in [5.74, 6) is 1.11. The summed E-state index contributed by atoms with van der Waals surface area (Å²) in [4.78, 5) is 0. The van der Waals surface area contributed by atoms with Gasteiger partial charge in [-0.2, -0.15) is 5.26 Å². The fraction of sp³-hybridized carbons (Fsp3) is 0.857.